The predicted octanol–water partition coefficient (Wildman–Crippen LogP) is 2.50. The van der Waals surface area contributed by atoms with Gasteiger partial charge in [0.1, 0.15) is 0 Å². The van der Waals surface area contributed by atoms with Crippen molar-refractivity contribution >= 4 is 7.85 Å². The van der Waals surface area contributed by atoms with E-state index in [0.717, 1.165) is 11.8 Å². The molecule has 0 bridgehead atoms. The van der Waals surface area contributed by atoms with Crippen LogP contribution in [0, 0.1) is 23.7 Å². The Morgan fingerprint density at radius 1 is 0.700 bits per heavy atom. The van der Waals surface area contributed by atoms with E-state index >= 15 is 0 Å². The minimum absolute atomic E-state index is 0.435. The average molecular weight is 136 g/mol. The quantitative estimate of drug-likeness (QED) is 0.449. The summed E-state index contributed by atoms with van der Waals surface area (Å²) in [4.78, 5) is 0. The molecule has 0 N–H and O–H groups in total. The largest absolute Gasteiger partial charge is 0.0718 e. The van der Waals surface area contributed by atoms with Crippen LogP contribution in [-0.4, -0.2) is 7.85 Å². The fourth-order valence-corrected chi connectivity index (χ4v) is 2.14. The van der Waals surface area contributed by atoms with Crippen molar-refractivity contribution in [1.82, 2.24) is 0 Å². The van der Waals surface area contributed by atoms with E-state index in [9.17, 15) is 0 Å². The lowest BCUT2D eigenvalue weighted by atomic mass is 9.74. The summed E-state index contributed by atoms with van der Waals surface area (Å²) in [6.45, 7) is 9.18. The van der Waals surface area contributed by atoms with Crippen LogP contribution >= 0.6 is 0 Å². The first kappa shape index (κ1) is 8.16. The fraction of sp³-hybridized carbons (Fsp3) is 1.00. The van der Waals surface area contributed by atoms with E-state index in [-0.39, 0.29) is 0 Å². The van der Waals surface area contributed by atoms with E-state index < -0.39 is 0 Å². The molecule has 4 atom stereocenters. The molecule has 0 heterocycles. The third-order valence-electron chi connectivity index (χ3n) is 3.70. The Labute approximate surface area is 65.8 Å². The lowest BCUT2D eigenvalue weighted by Crippen LogP contribution is -2.07. The monoisotopic (exact) mass is 136 g/mol. The van der Waals surface area contributed by atoms with Crippen LogP contribution in [0.4, 0.5) is 0 Å². The van der Waals surface area contributed by atoms with Crippen LogP contribution in [0.5, 0.6) is 0 Å². The Kier molecular flexibility index (Phi) is 2.12. The van der Waals surface area contributed by atoms with Crippen molar-refractivity contribution in [3.05, 3.63) is 0 Å². The van der Waals surface area contributed by atoms with Crippen molar-refractivity contribution in [2.75, 3.05) is 0 Å². The van der Waals surface area contributed by atoms with Crippen molar-refractivity contribution in [3.63, 3.8) is 0 Å². The van der Waals surface area contributed by atoms with E-state index in [4.69, 9.17) is 7.85 Å². The molecule has 2 radical (unpaired) electrons. The van der Waals surface area contributed by atoms with Gasteiger partial charge in [-0.1, -0.05) is 33.5 Å². The fourth-order valence-electron chi connectivity index (χ4n) is 2.14. The topological polar surface area (TPSA) is 0 Å². The molecule has 1 heteroatoms. The molecule has 1 aliphatic carbocycles. The second-order valence-electron chi connectivity index (χ2n) is 4.01. The van der Waals surface area contributed by atoms with E-state index in [1.807, 2.05) is 0 Å². The minimum Gasteiger partial charge on any atom is -0.0718 e. The van der Waals surface area contributed by atoms with Gasteiger partial charge in [-0.3, -0.25) is 0 Å². The summed E-state index contributed by atoms with van der Waals surface area (Å²) in [7, 11) is 6.00. The van der Waals surface area contributed by atoms with E-state index in [0.29, 0.717) is 17.7 Å². The first-order chi connectivity index (χ1) is 4.55. The normalized spacial score (nSPS) is 55.4. The highest BCUT2D eigenvalue weighted by Crippen LogP contribution is 2.47. The highest BCUT2D eigenvalue weighted by molar-refractivity contribution is 6.12. The number of hydrogen-bond acceptors (Lipinski definition) is 0. The van der Waals surface area contributed by atoms with Crippen LogP contribution in [0.1, 0.15) is 27.7 Å². The van der Waals surface area contributed by atoms with Gasteiger partial charge in [-0.2, -0.15) is 0 Å². The van der Waals surface area contributed by atoms with Crippen molar-refractivity contribution in [2.45, 2.75) is 33.5 Å². The minimum atomic E-state index is 0.435. The molecule has 1 aliphatic rings. The van der Waals surface area contributed by atoms with Crippen LogP contribution < -0.4 is 0 Å². The molecule has 0 nitrogen and oxygen atoms in total. The summed E-state index contributed by atoms with van der Waals surface area (Å²) < 4.78 is 0. The van der Waals surface area contributed by atoms with Gasteiger partial charge in [0.15, 0.2) is 0 Å². The Morgan fingerprint density at radius 2 is 1.00 bits per heavy atom. The first-order valence-corrected chi connectivity index (χ1v) is 4.31. The maximum atomic E-state index is 6.00. The summed E-state index contributed by atoms with van der Waals surface area (Å²) in [6, 6.07) is 0. The molecule has 0 amide bonds. The van der Waals surface area contributed by atoms with E-state index in [1.54, 1.807) is 0 Å². The standard InChI is InChI=1S/C9H17B/c1-5-6(2)8(4)9(10)7(5)3/h5-9H,1-4H3. The average Bonchev–Trinajstić information content (AvgIpc) is 2.07. The Bertz CT molecular complexity index is 77.1. The van der Waals surface area contributed by atoms with Crippen LogP contribution in [0.3, 0.4) is 0 Å². The third-order valence-corrected chi connectivity index (χ3v) is 3.70. The van der Waals surface area contributed by atoms with E-state index in [2.05, 4.69) is 27.7 Å². The SMILES string of the molecule is [B]C1C(C)C(C)C(C)C1C. The summed E-state index contributed by atoms with van der Waals surface area (Å²) in [6.07, 6.45) is 0. The molecule has 1 saturated carbocycles. The summed E-state index contributed by atoms with van der Waals surface area (Å²) >= 11 is 0. The predicted molar refractivity (Wildman–Crippen MR) is 46.2 cm³/mol. The van der Waals surface area contributed by atoms with Gasteiger partial charge in [-0.05, 0) is 23.7 Å². The summed E-state index contributed by atoms with van der Waals surface area (Å²) in [5.74, 6) is 3.48. The Hall–Kier alpha value is 0.0649. The Morgan fingerprint density at radius 3 is 1.10 bits per heavy atom. The highest BCUT2D eigenvalue weighted by Gasteiger charge is 2.37. The first-order valence-electron chi connectivity index (χ1n) is 4.31. The van der Waals surface area contributed by atoms with Crippen molar-refractivity contribution in [3.8, 4) is 0 Å². The molecule has 1 rings (SSSR count). The second-order valence-corrected chi connectivity index (χ2v) is 4.01. The smallest absolute Gasteiger partial charge is 0.0707 e. The molecule has 4 unspecified atom stereocenters. The van der Waals surface area contributed by atoms with Crippen molar-refractivity contribution in [2.24, 2.45) is 23.7 Å². The van der Waals surface area contributed by atoms with Gasteiger partial charge in [0.05, 0.1) is 7.85 Å². The summed E-state index contributed by atoms with van der Waals surface area (Å²) in [5, 5.41) is 0. The molecule has 0 aromatic carbocycles. The van der Waals surface area contributed by atoms with Gasteiger partial charge in [0, 0.05) is 0 Å². The van der Waals surface area contributed by atoms with Crippen LogP contribution in [-0.2, 0) is 0 Å². The van der Waals surface area contributed by atoms with Gasteiger partial charge in [-0.15, -0.1) is 0 Å². The zero-order valence-electron chi connectivity index (χ0n) is 7.46. The molecule has 0 aliphatic heterocycles. The van der Waals surface area contributed by atoms with Gasteiger partial charge >= 0.3 is 0 Å². The molecule has 56 valence electrons. The maximum absolute atomic E-state index is 6.00. The molecular formula is C9H17B. The third kappa shape index (κ3) is 1.000. The molecule has 1 fully saturated rings. The van der Waals surface area contributed by atoms with Gasteiger partial charge in [0.2, 0.25) is 0 Å². The van der Waals surface area contributed by atoms with E-state index in [1.165, 1.54) is 0 Å². The maximum Gasteiger partial charge on any atom is 0.0707 e. The van der Waals surface area contributed by atoms with Crippen molar-refractivity contribution in [1.29, 1.82) is 0 Å². The zero-order valence-corrected chi connectivity index (χ0v) is 7.46. The molecular weight excluding hydrogens is 119 g/mol. The molecule has 0 saturated heterocycles. The number of rotatable bonds is 0. The number of hydrogen-bond donors (Lipinski definition) is 0. The second kappa shape index (κ2) is 2.60. The summed E-state index contributed by atoms with van der Waals surface area (Å²) in [5.41, 5.74) is 0. The van der Waals surface area contributed by atoms with Crippen LogP contribution in [0.25, 0.3) is 0 Å². The highest BCUT2D eigenvalue weighted by atomic mass is 14.4. The van der Waals surface area contributed by atoms with Crippen LogP contribution in [0.2, 0.25) is 5.82 Å². The molecule has 10 heavy (non-hydrogen) atoms. The van der Waals surface area contributed by atoms with Gasteiger partial charge in [-0.25, -0.2) is 0 Å². The lowest BCUT2D eigenvalue weighted by molar-refractivity contribution is 0.352. The molecule has 0 aromatic rings. The van der Waals surface area contributed by atoms with Gasteiger partial charge < -0.3 is 0 Å². The van der Waals surface area contributed by atoms with Crippen LogP contribution in [0.15, 0.2) is 0 Å². The Balaban J connectivity index is 2.68. The lowest BCUT2D eigenvalue weighted by Gasteiger charge is -2.14. The molecule has 0 spiro atoms. The molecule has 0 aromatic heterocycles. The zero-order chi connectivity index (χ0) is 7.89. The van der Waals surface area contributed by atoms with Gasteiger partial charge in [0.25, 0.3) is 0 Å². The van der Waals surface area contributed by atoms with Crippen molar-refractivity contribution < 1.29 is 0 Å².